The van der Waals surface area contributed by atoms with Crippen LogP contribution in [0.5, 0.6) is 0 Å². The second-order valence-corrected chi connectivity index (χ2v) is 13.4. The Morgan fingerprint density at radius 1 is 1.03 bits per heavy atom. The summed E-state index contributed by atoms with van der Waals surface area (Å²) in [5.41, 5.74) is 4.78. The number of hydrogen-bond donors (Lipinski definition) is 2. The van der Waals surface area contributed by atoms with E-state index in [9.17, 15) is 15.0 Å². The van der Waals surface area contributed by atoms with E-state index in [1.807, 2.05) is 13.0 Å². The number of hydrogen-bond acceptors (Lipinski definition) is 3. The molecule has 0 spiro atoms. The summed E-state index contributed by atoms with van der Waals surface area (Å²) in [7, 11) is 0. The standard InChI is InChI=1S/C30H48O3/c1-19(18-31)8-10-24(32)20(2)21-12-16-30(7)23-9-11-25-27(3,4)26(33)14-15-28(25,5)22(23)13-17-29(21,30)6/h8,20-21,24-25,31-32H,9-18H2,1-7H3. The van der Waals surface area contributed by atoms with Gasteiger partial charge in [-0.1, -0.05) is 64.3 Å². The first-order valence-corrected chi connectivity index (χ1v) is 13.5. The minimum absolute atomic E-state index is 0.0689. The van der Waals surface area contributed by atoms with Gasteiger partial charge in [-0.25, -0.2) is 0 Å². The van der Waals surface area contributed by atoms with Crippen LogP contribution in [0.15, 0.2) is 22.8 Å². The highest BCUT2D eigenvalue weighted by Crippen LogP contribution is 2.72. The molecular formula is C30H48O3. The highest BCUT2D eigenvalue weighted by atomic mass is 16.3. The molecule has 7 unspecified atom stereocenters. The van der Waals surface area contributed by atoms with Crippen LogP contribution in [0.3, 0.4) is 0 Å². The molecule has 3 nitrogen and oxygen atoms in total. The number of aliphatic hydroxyl groups excluding tert-OH is 2. The molecule has 4 aliphatic rings. The van der Waals surface area contributed by atoms with Crippen LogP contribution in [-0.4, -0.2) is 28.7 Å². The molecule has 4 rings (SSSR count). The molecule has 2 saturated carbocycles. The third-order valence-corrected chi connectivity index (χ3v) is 11.8. The molecule has 0 radical (unpaired) electrons. The van der Waals surface area contributed by atoms with Crippen LogP contribution in [-0.2, 0) is 4.79 Å². The highest BCUT2D eigenvalue weighted by molar-refractivity contribution is 5.85. The lowest BCUT2D eigenvalue weighted by Crippen LogP contribution is -2.54. The molecule has 2 N–H and O–H groups in total. The Morgan fingerprint density at radius 2 is 1.73 bits per heavy atom. The van der Waals surface area contributed by atoms with Crippen LogP contribution >= 0.6 is 0 Å². The first-order valence-electron chi connectivity index (χ1n) is 13.5. The van der Waals surface area contributed by atoms with E-state index in [-0.39, 0.29) is 40.3 Å². The van der Waals surface area contributed by atoms with Gasteiger partial charge in [0.2, 0.25) is 0 Å². The van der Waals surface area contributed by atoms with Crippen molar-refractivity contribution in [2.75, 3.05) is 6.61 Å². The fourth-order valence-electron chi connectivity index (χ4n) is 9.24. The van der Waals surface area contributed by atoms with Crippen LogP contribution in [0.1, 0.15) is 106 Å². The van der Waals surface area contributed by atoms with Crippen molar-refractivity contribution in [2.45, 2.75) is 112 Å². The smallest absolute Gasteiger partial charge is 0.138 e. The lowest BCUT2D eigenvalue weighted by molar-refractivity contribution is -0.139. The summed E-state index contributed by atoms with van der Waals surface area (Å²) in [5, 5.41) is 20.4. The largest absolute Gasteiger partial charge is 0.393 e. The fourth-order valence-corrected chi connectivity index (χ4v) is 9.24. The first-order chi connectivity index (χ1) is 15.3. The quantitative estimate of drug-likeness (QED) is 0.456. The minimum atomic E-state index is -0.357. The van der Waals surface area contributed by atoms with Gasteiger partial charge in [0.05, 0.1) is 12.7 Å². The Hall–Kier alpha value is -0.930. The Kier molecular flexibility index (Phi) is 6.35. The van der Waals surface area contributed by atoms with Gasteiger partial charge in [0.1, 0.15) is 5.78 Å². The molecule has 3 heteroatoms. The van der Waals surface area contributed by atoms with Gasteiger partial charge in [-0.3, -0.25) is 4.79 Å². The van der Waals surface area contributed by atoms with E-state index in [2.05, 4.69) is 41.5 Å². The number of Topliss-reactive ketones (excluding diaryl/α,β-unsaturated/α-hetero) is 1. The second kappa shape index (κ2) is 8.33. The van der Waals surface area contributed by atoms with Crippen molar-refractivity contribution in [2.24, 2.45) is 39.4 Å². The molecule has 7 atom stereocenters. The number of carbonyl (C=O) groups is 1. The Bertz CT molecular complexity index is 866. The van der Waals surface area contributed by atoms with Crippen molar-refractivity contribution < 1.29 is 15.0 Å². The van der Waals surface area contributed by atoms with Crippen LogP contribution in [0.25, 0.3) is 0 Å². The monoisotopic (exact) mass is 456 g/mol. The summed E-state index contributed by atoms with van der Waals surface area (Å²) in [6.07, 6.45) is 11.1. The van der Waals surface area contributed by atoms with E-state index in [0.717, 1.165) is 31.3 Å². The molecule has 186 valence electrons. The zero-order chi connectivity index (χ0) is 24.4. The molecule has 0 bridgehead atoms. The Balaban J connectivity index is 1.65. The molecule has 4 aliphatic carbocycles. The summed E-state index contributed by atoms with van der Waals surface area (Å²) in [6.45, 7) is 16.2. The van der Waals surface area contributed by atoms with Gasteiger partial charge in [-0.05, 0) is 92.3 Å². The third kappa shape index (κ3) is 3.54. The fraction of sp³-hybridized carbons (Fsp3) is 0.833. The summed E-state index contributed by atoms with van der Waals surface area (Å²) in [5.74, 6) is 1.71. The molecule has 0 aromatic rings. The number of carbonyl (C=O) groups excluding carboxylic acids is 1. The molecule has 2 fully saturated rings. The van der Waals surface area contributed by atoms with E-state index in [1.54, 1.807) is 11.1 Å². The predicted molar refractivity (Wildman–Crippen MR) is 135 cm³/mol. The zero-order valence-corrected chi connectivity index (χ0v) is 22.3. The summed E-state index contributed by atoms with van der Waals surface area (Å²) in [6, 6.07) is 0. The van der Waals surface area contributed by atoms with E-state index in [4.69, 9.17) is 0 Å². The predicted octanol–water partition coefficient (Wildman–Crippen LogP) is 6.63. The van der Waals surface area contributed by atoms with Gasteiger partial charge in [0.15, 0.2) is 0 Å². The Morgan fingerprint density at radius 3 is 2.39 bits per heavy atom. The summed E-state index contributed by atoms with van der Waals surface area (Å²) in [4.78, 5) is 12.8. The summed E-state index contributed by atoms with van der Waals surface area (Å²) < 4.78 is 0. The SMILES string of the molecule is CC(=CCC(O)C(C)C1CCC2(C)C3=C(CCC12C)C1(C)CCC(=O)C(C)(C)C1CC3)CO. The molecule has 0 saturated heterocycles. The maximum absolute atomic E-state index is 12.8. The van der Waals surface area contributed by atoms with Crippen molar-refractivity contribution in [3.8, 4) is 0 Å². The van der Waals surface area contributed by atoms with Crippen molar-refractivity contribution in [1.82, 2.24) is 0 Å². The normalized spacial score (nSPS) is 42.5. The van der Waals surface area contributed by atoms with Crippen molar-refractivity contribution in [3.63, 3.8) is 0 Å². The number of allylic oxidation sites excluding steroid dienone is 2. The van der Waals surface area contributed by atoms with E-state index < -0.39 is 0 Å². The molecule has 0 amide bonds. The van der Waals surface area contributed by atoms with Crippen LogP contribution < -0.4 is 0 Å². The zero-order valence-electron chi connectivity index (χ0n) is 22.3. The van der Waals surface area contributed by atoms with Gasteiger partial charge in [-0.15, -0.1) is 0 Å². The number of aliphatic hydroxyl groups is 2. The molecule has 0 heterocycles. The number of rotatable bonds is 5. The van der Waals surface area contributed by atoms with Gasteiger partial charge < -0.3 is 10.2 Å². The Labute approximate surface area is 202 Å². The van der Waals surface area contributed by atoms with E-state index >= 15 is 0 Å². The number of ketones is 1. The lowest BCUT2D eigenvalue weighted by atomic mass is 9.43. The first kappa shape index (κ1) is 25.2. The maximum Gasteiger partial charge on any atom is 0.138 e. The van der Waals surface area contributed by atoms with Gasteiger partial charge in [-0.2, -0.15) is 0 Å². The lowest BCUT2D eigenvalue weighted by Gasteiger charge is -2.61. The van der Waals surface area contributed by atoms with E-state index in [0.29, 0.717) is 24.0 Å². The average Bonchev–Trinajstić information content (AvgIpc) is 3.05. The van der Waals surface area contributed by atoms with Crippen LogP contribution in [0, 0.1) is 39.4 Å². The third-order valence-electron chi connectivity index (χ3n) is 11.8. The molecular weight excluding hydrogens is 408 g/mol. The van der Waals surface area contributed by atoms with Crippen molar-refractivity contribution >= 4 is 5.78 Å². The van der Waals surface area contributed by atoms with Crippen LogP contribution in [0.2, 0.25) is 0 Å². The minimum Gasteiger partial charge on any atom is -0.393 e. The molecule has 0 aromatic heterocycles. The summed E-state index contributed by atoms with van der Waals surface area (Å²) >= 11 is 0. The van der Waals surface area contributed by atoms with Gasteiger partial charge in [0.25, 0.3) is 0 Å². The topological polar surface area (TPSA) is 57.5 Å². The van der Waals surface area contributed by atoms with Crippen molar-refractivity contribution in [1.29, 1.82) is 0 Å². The highest BCUT2D eigenvalue weighted by Gasteiger charge is 2.63. The maximum atomic E-state index is 12.8. The number of fused-ring (bicyclic) bond motifs is 4. The van der Waals surface area contributed by atoms with Crippen molar-refractivity contribution in [3.05, 3.63) is 22.8 Å². The average molecular weight is 457 g/mol. The molecule has 33 heavy (non-hydrogen) atoms. The van der Waals surface area contributed by atoms with Gasteiger partial charge in [0, 0.05) is 11.8 Å². The molecule has 0 aliphatic heterocycles. The second-order valence-electron chi connectivity index (χ2n) is 13.4. The van der Waals surface area contributed by atoms with Crippen LogP contribution in [0.4, 0.5) is 0 Å². The van der Waals surface area contributed by atoms with Gasteiger partial charge >= 0.3 is 0 Å². The molecule has 0 aromatic carbocycles. The van der Waals surface area contributed by atoms with E-state index in [1.165, 1.54) is 25.7 Å².